The maximum atomic E-state index is 11.5. The minimum atomic E-state index is -0.131. The van der Waals surface area contributed by atoms with Crippen LogP contribution in [-0.4, -0.2) is 47.2 Å². The molecule has 0 spiro atoms. The number of hydrogen-bond acceptors (Lipinski definition) is 3. The van der Waals surface area contributed by atoms with E-state index in [-0.39, 0.29) is 5.91 Å². The summed E-state index contributed by atoms with van der Waals surface area (Å²) in [5, 5.41) is 9.68. The molecule has 0 radical (unpaired) electrons. The van der Waals surface area contributed by atoms with Crippen molar-refractivity contribution in [3.63, 3.8) is 0 Å². The second-order valence-electron chi connectivity index (χ2n) is 5.22. The van der Waals surface area contributed by atoms with E-state index < -0.39 is 0 Å². The summed E-state index contributed by atoms with van der Waals surface area (Å²) in [6.07, 6.45) is 2.37. The molecule has 0 aliphatic carbocycles. The molecule has 1 aromatic heterocycles. The van der Waals surface area contributed by atoms with Gasteiger partial charge in [0.1, 0.15) is 5.69 Å². The second kappa shape index (κ2) is 5.52. The van der Waals surface area contributed by atoms with E-state index in [4.69, 9.17) is 0 Å². The monoisotopic (exact) mass is 250 g/mol. The molecule has 0 saturated carbocycles. The van der Waals surface area contributed by atoms with E-state index in [0.717, 1.165) is 12.2 Å². The lowest BCUT2D eigenvalue weighted by Crippen LogP contribution is -2.39. The number of hydrogen-bond donors (Lipinski definition) is 2. The summed E-state index contributed by atoms with van der Waals surface area (Å²) in [5.41, 5.74) is 1.56. The molecule has 2 rings (SSSR count). The number of likely N-dealkylation sites (tertiary alicyclic amines) is 1. The van der Waals surface area contributed by atoms with Crippen LogP contribution in [0.5, 0.6) is 0 Å². The molecule has 2 heterocycles. The van der Waals surface area contributed by atoms with Crippen molar-refractivity contribution < 1.29 is 4.79 Å². The van der Waals surface area contributed by atoms with Gasteiger partial charge in [0.15, 0.2) is 0 Å². The molecule has 1 aromatic rings. The zero-order chi connectivity index (χ0) is 13.1. The zero-order valence-corrected chi connectivity index (χ0v) is 11.4. The summed E-state index contributed by atoms with van der Waals surface area (Å²) in [6, 6.07) is 2.46. The van der Waals surface area contributed by atoms with Crippen molar-refractivity contribution in [1.29, 1.82) is 0 Å². The first-order valence-corrected chi connectivity index (χ1v) is 6.63. The third-order valence-corrected chi connectivity index (χ3v) is 3.68. The van der Waals surface area contributed by atoms with Gasteiger partial charge in [-0.05, 0) is 39.3 Å². The van der Waals surface area contributed by atoms with Crippen LogP contribution in [-0.2, 0) is 0 Å². The maximum absolute atomic E-state index is 11.5. The van der Waals surface area contributed by atoms with Crippen LogP contribution in [0.2, 0.25) is 0 Å². The van der Waals surface area contributed by atoms with Crippen LogP contribution < -0.4 is 5.32 Å². The molecule has 0 aromatic carbocycles. The first kappa shape index (κ1) is 13.1. The van der Waals surface area contributed by atoms with Crippen molar-refractivity contribution in [3.05, 3.63) is 17.5 Å². The standard InChI is InChI=1S/C13H22N4O/c1-9(2)17-6-4-5-10(8-17)11-7-12(16-15-11)13(18)14-3/h7,9-10H,4-6,8H2,1-3H3,(H,14,18)(H,15,16)/t10-/m0/s1. The Balaban J connectivity index is 2.07. The third-order valence-electron chi connectivity index (χ3n) is 3.68. The van der Waals surface area contributed by atoms with Crippen molar-refractivity contribution >= 4 is 5.91 Å². The Labute approximate surface area is 108 Å². The number of aromatic amines is 1. The number of aromatic nitrogens is 2. The Morgan fingerprint density at radius 3 is 3.06 bits per heavy atom. The molecule has 0 bridgehead atoms. The van der Waals surface area contributed by atoms with E-state index >= 15 is 0 Å². The van der Waals surface area contributed by atoms with Gasteiger partial charge in [-0.15, -0.1) is 0 Å². The normalized spacial score (nSPS) is 21.2. The zero-order valence-electron chi connectivity index (χ0n) is 11.4. The number of carbonyl (C=O) groups excluding carboxylic acids is 1. The summed E-state index contributed by atoms with van der Waals surface area (Å²) in [4.78, 5) is 14.0. The molecule has 100 valence electrons. The van der Waals surface area contributed by atoms with Crippen molar-refractivity contribution in [2.45, 2.75) is 38.6 Å². The molecule has 1 amide bonds. The molecule has 1 aliphatic rings. The fourth-order valence-electron chi connectivity index (χ4n) is 2.52. The molecule has 5 nitrogen and oxygen atoms in total. The number of rotatable bonds is 3. The molecule has 5 heteroatoms. The Kier molecular flexibility index (Phi) is 4.01. The summed E-state index contributed by atoms with van der Waals surface area (Å²) in [6.45, 7) is 6.67. The predicted octanol–water partition coefficient (Wildman–Crippen LogP) is 1.36. The van der Waals surface area contributed by atoms with Crippen molar-refractivity contribution in [2.24, 2.45) is 0 Å². The van der Waals surface area contributed by atoms with Crippen LogP contribution in [0.25, 0.3) is 0 Å². The van der Waals surface area contributed by atoms with Gasteiger partial charge in [0.05, 0.1) is 0 Å². The first-order valence-electron chi connectivity index (χ1n) is 6.63. The van der Waals surface area contributed by atoms with E-state index in [1.54, 1.807) is 7.05 Å². The summed E-state index contributed by atoms with van der Waals surface area (Å²) in [5.74, 6) is 0.334. The predicted molar refractivity (Wildman–Crippen MR) is 70.7 cm³/mol. The third kappa shape index (κ3) is 2.72. The van der Waals surface area contributed by atoms with Crippen molar-refractivity contribution in [3.8, 4) is 0 Å². The Morgan fingerprint density at radius 2 is 2.39 bits per heavy atom. The quantitative estimate of drug-likeness (QED) is 0.851. The highest BCUT2D eigenvalue weighted by molar-refractivity contribution is 5.92. The molecule has 2 N–H and O–H groups in total. The topological polar surface area (TPSA) is 61.0 Å². The van der Waals surface area contributed by atoms with Gasteiger partial charge in [-0.1, -0.05) is 0 Å². The fraction of sp³-hybridized carbons (Fsp3) is 0.692. The molecule has 0 unspecified atom stereocenters. The SMILES string of the molecule is CNC(=O)c1cc([C@H]2CCCN(C(C)C)C2)[nH]n1. The van der Waals surface area contributed by atoms with Gasteiger partial charge in [0.25, 0.3) is 5.91 Å². The summed E-state index contributed by atoms with van der Waals surface area (Å²) < 4.78 is 0. The summed E-state index contributed by atoms with van der Waals surface area (Å²) in [7, 11) is 1.62. The molecule has 1 saturated heterocycles. The van der Waals surface area contributed by atoms with E-state index in [9.17, 15) is 4.79 Å². The van der Waals surface area contributed by atoms with Gasteiger partial charge in [-0.2, -0.15) is 5.10 Å². The van der Waals surface area contributed by atoms with E-state index in [0.29, 0.717) is 17.7 Å². The Bertz CT molecular complexity index is 413. The average Bonchev–Trinajstić information content (AvgIpc) is 2.87. The van der Waals surface area contributed by atoms with Gasteiger partial charge in [-0.3, -0.25) is 9.89 Å². The Hall–Kier alpha value is -1.36. The molecule has 1 fully saturated rings. The highest BCUT2D eigenvalue weighted by atomic mass is 16.1. The number of nitrogens with one attached hydrogen (secondary N) is 2. The molecule has 1 aliphatic heterocycles. The maximum Gasteiger partial charge on any atom is 0.271 e. The van der Waals surface area contributed by atoms with Gasteiger partial charge in [-0.25, -0.2) is 0 Å². The lowest BCUT2D eigenvalue weighted by Gasteiger charge is -2.34. The lowest BCUT2D eigenvalue weighted by atomic mass is 9.94. The van der Waals surface area contributed by atoms with Crippen LogP contribution in [0, 0.1) is 0 Å². The average molecular weight is 250 g/mol. The number of carbonyl (C=O) groups is 1. The number of amides is 1. The molecule has 18 heavy (non-hydrogen) atoms. The van der Waals surface area contributed by atoms with Crippen LogP contribution in [0.4, 0.5) is 0 Å². The van der Waals surface area contributed by atoms with Gasteiger partial charge in [0, 0.05) is 31.2 Å². The molecule has 1 atom stereocenters. The molecular weight excluding hydrogens is 228 g/mol. The van der Waals surface area contributed by atoms with Gasteiger partial charge >= 0.3 is 0 Å². The fourth-order valence-corrected chi connectivity index (χ4v) is 2.52. The number of nitrogens with zero attached hydrogens (tertiary/aromatic N) is 2. The largest absolute Gasteiger partial charge is 0.354 e. The van der Waals surface area contributed by atoms with Crippen molar-refractivity contribution in [1.82, 2.24) is 20.4 Å². The Morgan fingerprint density at radius 1 is 1.61 bits per heavy atom. The number of H-pyrrole nitrogens is 1. The lowest BCUT2D eigenvalue weighted by molar-refractivity contribution is 0.0958. The minimum Gasteiger partial charge on any atom is -0.354 e. The smallest absolute Gasteiger partial charge is 0.271 e. The van der Waals surface area contributed by atoms with E-state index in [1.165, 1.54) is 19.4 Å². The van der Waals surface area contributed by atoms with Gasteiger partial charge in [0.2, 0.25) is 0 Å². The van der Waals surface area contributed by atoms with E-state index in [1.807, 2.05) is 6.07 Å². The number of piperidine rings is 1. The van der Waals surface area contributed by atoms with Crippen LogP contribution >= 0.6 is 0 Å². The second-order valence-corrected chi connectivity index (χ2v) is 5.22. The van der Waals surface area contributed by atoms with E-state index in [2.05, 4.69) is 34.3 Å². The highest BCUT2D eigenvalue weighted by Crippen LogP contribution is 2.26. The van der Waals surface area contributed by atoms with Crippen LogP contribution in [0.15, 0.2) is 6.07 Å². The van der Waals surface area contributed by atoms with Crippen molar-refractivity contribution in [2.75, 3.05) is 20.1 Å². The van der Waals surface area contributed by atoms with Gasteiger partial charge < -0.3 is 10.2 Å². The van der Waals surface area contributed by atoms with Crippen LogP contribution in [0.1, 0.15) is 48.8 Å². The van der Waals surface area contributed by atoms with Crippen LogP contribution in [0.3, 0.4) is 0 Å². The minimum absolute atomic E-state index is 0.131. The first-order chi connectivity index (χ1) is 8.61. The highest BCUT2D eigenvalue weighted by Gasteiger charge is 2.24. The summed E-state index contributed by atoms with van der Waals surface area (Å²) >= 11 is 0. The molecular formula is C13H22N4O.